The molecule has 0 aliphatic carbocycles. The number of anilines is 1. The standard InChI is InChI=1S/C29H32N2O5S/c1-20(30-7-11-33-12-8-30)19-35-24-5-6-27-22(16-24)15-21-3-2-4-25(29(21)37-27)26-17-23(32)18-28(36-26)31-9-13-34-14-10-31/h2-6,16-18,20H,7-15,19H2,1H3/t20-/m1/s1. The van der Waals surface area contributed by atoms with E-state index in [0.717, 1.165) is 62.0 Å². The molecule has 0 saturated carbocycles. The molecule has 0 amide bonds. The Labute approximate surface area is 221 Å². The largest absolute Gasteiger partial charge is 0.492 e. The Morgan fingerprint density at radius 2 is 1.73 bits per heavy atom. The summed E-state index contributed by atoms with van der Waals surface area (Å²) in [5.41, 5.74) is 3.40. The van der Waals surface area contributed by atoms with Gasteiger partial charge in [-0.3, -0.25) is 9.69 Å². The fourth-order valence-corrected chi connectivity index (χ4v) is 6.28. The first kappa shape index (κ1) is 24.6. The molecule has 37 heavy (non-hydrogen) atoms. The van der Waals surface area contributed by atoms with E-state index in [1.165, 1.54) is 16.0 Å². The lowest BCUT2D eigenvalue weighted by molar-refractivity contribution is 0.0105. The summed E-state index contributed by atoms with van der Waals surface area (Å²) in [5, 5.41) is 0. The second kappa shape index (κ2) is 10.9. The highest BCUT2D eigenvalue weighted by Gasteiger charge is 2.23. The molecule has 0 bridgehead atoms. The molecule has 6 rings (SSSR count). The molecule has 0 spiro atoms. The number of rotatable bonds is 6. The summed E-state index contributed by atoms with van der Waals surface area (Å²) in [6.45, 7) is 9.09. The maximum Gasteiger partial charge on any atom is 0.200 e. The van der Waals surface area contributed by atoms with Gasteiger partial charge in [0.2, 0.25) is 0 Å². The van der Waals surface area contributed by atoms with E-state index in [4.69, 9.17) is 18.6 Å². The highest BCUT2D eigenvalue weighted by molar-refractivity contribution is 7.99. The normalized spacial score (nSPS) is 18.7. The van der Waals surface area contributed by atoms with Crippen LogP contribution in [0.1, 0.15) is 18.1 Å². The first-order valence-electron chi connectivity index (χ1n) is 13.0. The van der Waals surface area contributed by atoms with Crippen LogP contribution in [0.5, 0.6) is 5.75 Å². The average Bonchev–Trinajstić information content (AvgIpc) is 2.95. The number of morpholine rings is 2. The topological polar surface area (TPSA) is 64.4 Å². The van der Waals surface area contributed by atoms with Crippen molar-refractivity contribution < 1.29 is 18.6 Å². The van der Waals surface area contributed by atoms with Gasteiger partial charge < -0.3 is 23.5 Å². The van der Waals surface area contributed by atoms with Gasteiger partial charge in [-0.25, -0.2) is 0 Å². The van der Waals surface area contributed by atoms with Crippen LogP contribution in [0.2, 0.25) is 0 Å². The summed E-state index contributed by atoms with van der Waals surface area (Å²) in [4.78, 5) is 19.4. The zero-order valence-corrected chi connectivity index (χ0v) is 21.9. The summed E-state index contributed by atoms with van der Waals surface area (Å²) >= 11 is 1.73. The van der Waals surface area contributed by atoms with Crippen LogP contribution in [-0.4, -0.2) is 70.2 Å². The van der Waals surface area contributed by atoms with Crippen molar-refractivity contribution in [3.05, 3.63) is 69.9 Å². The van der Waals surface area contributed by atoms with Gasteiger partial charge in [-0.05, 0) is 42.7 Å². The minimum absolute atomic E-state index is 0.0466. The van der Waals surface area contributed by atoms with Crippen molar-refractivity contribution >= 4 is 17.6 Å². The molecule has 2 fully saturated rings. The number of fused-ring (bicyclic) bond motifs is 2. The number of benzene rings is 2. The van der Waals surface area contributed by atoms with Crippen LogP contribution >= 0.6 is 11.8 Å². The van der Waals surface area contributed by atoms with Gasteiger partial charge in [0, 0.05) is 59.7 Å². The smallest absolute Gasteiger partial charge is 0.200 e. The lowest BCUT2D eigenvalue weighted by Crippen LogP contribution is -2.44. The summed E-state index contributed by atoms with van der Waals surface area (Å²) < 4.78 is 23.4. The molecular formula is C29H32N2O5S. The predicted octanol–water partition coefficient (Wildman–Crippen LogP) is 4.30. The minimum atomic E-state index is -0.0466. The summed E-state index contributed by atoms with van der Waals surface area (Å²) in [5.74, 6) is 2.12. The third kappa shape index (κ3) is 5.43. The van der Waals surface area contributed by atoms with E-state index in [9.17, 15) is 4.79 Å². The van der Waals surface area contributed by atoms with Crippen LogP contribution in [0.4, 0.5) is 5.88 Å². The highest BCUT2D eigenvalue weighted by Crippen LogP contribution is 2.45. The Morgan fingerprint density at radius 1 is 0.946 bits per heavy atom. The molecule has 2 aromatic carbocycles. The van der Waals surface area contributed by atoms with Crippen LogP contribution in [-0.2, 0) is 15.9 Å². The molecule has 1 aromatic heterocycles. The lowest BCUT2D eigenvalue weighted by atomic mass is 10.0. The first-order chi connectivity index (χ1) is 18.1. The van der Waals surface area contributed by atoms with E-state index in [-0.39, 0.29) is 5.43 Å². The summed E-state index contributed by atoms with van der Waals surface area (Å²) in [6, 6.07) is 16.2. The third-order valence-corrected chi connectivity index (χ3v) is 8.53. The monoisotopic (exact) mass is 520 g/mol. The molecule has 7 nitrogen and oxygen atoms in total. The maximum atomic E-state index is 12.6. The molecule has 3 aliphatic heterocycles. The van der Waals surface area contributed by atoms with E-state index in [1.807, 2.05) is 12.1 Å². The summed E-state index contributed by atoms with van der Waals surface area (Å²) in [7, 11) is 0. The Morgan fingerprint density at radius 3 is 2.54 bits per heavy atom. The van der Waals surface area contributed by atoms with Crippen molar-refractivity contribution in [2.45, 2.75) is 29.2 Å². The van der Waals surface area contributed by atoms with Crippen LogP contribution < -0.4 is 15.1 Å². The van der Waals surface area contributed by atoms with Gasteiger partial charge in [0.15, 0.2) is 11.3 Å². The molecule has 0 unspecified atom stereocenters. The van der Waals surface area contributed by atoms with Gasteiger partial charge in [0.1, 0.15) is 18.1 Å². The van der Waals surface area contributed by atoms with Crippen LogP contribution in [0.3, 0.4) is 0 Å². The van der Waals surface area contributed by atoms with Gasteiger partial charge in [0.25, 0.3) is 0 Å². The zero-order chi connectivity index (χ0) is 25.2. The number of ether oxygens (including phenoxy) is 3. The highest BCUT2D eigenvalue weighted by atomic mass is 32.2. The van der Waals surface area contributed by atoms with Gasteiger partial charge in [-0.15, -0.1) is 0 Å². The molecule has 0 radical (unpaired) electrons. The zero-order valence-electron chi connectivity index (χ0n) is 21.1. The van der Waals surface area contributed by atoms with E-state index < -0.39 is 0 Å². The lowest BCUT2D eigenvalue weighted by Gasteiger charge is -2.32. The second-order valence-corrected chi connectivity index (χ2v) is 10.8. The van der Waals surface area contributed by atoms with Gasteiger partial charge in [-0.1, -0.05) is 30.0 Å². The fraction of sp³-hybridized carbons (Fsp3) is 0.414. The second-order valence-electron chi connectivity index (χ2n) is 9.75. The predicted molar refractivity (Wildman–Crippen MR) is 144 cm³/mol. The van der Waals surface area contributed by atoms with Crippen molar-refractivity contribution in [3.63, 3.8) is 0 Å². The molecule has 3 aromatic rings. The van der Waals surface area contributed by atoms with Crippen molar-refractivity contribution in [1.29, 1.82) is 0 Å². The van der Waals surface area contributed by atoms with Gasteiger partial charge >= 0.3 is 0 Å². The van der Waals surface area contributed by atoms with Crippen molar-refractivity contribution in [1.82, 2.24) is 4.90 Å². The van der Waals surface area contributed by atoms with Gasteiger partial charge in [-0.2, -0.15) is 0 Å². The molecule has 3 aliphatic rings. The maximum absolute atomic E-state index is 12.6. The van der Waals surface area contributed by atoms with Crippen LogP contribution in [0.25, 0.3) is 11.3 Å². The Bertz CT molecular complexity index is 1310. The molecule has 8 heteroatoms. The quantitative estimate of drug-likeness (QED) is 0.373. The van der Waals surface area contributed by atoms with E-state index in [1.54, 1.807) is 23.9 Å². The van der Waals surface area contributed by atoms with Crippen molar-refractivity contribution in [3.8, 4) is 17.1 Å². The molecular weight excluding hydrogens is 488 g/mol. The number of hydrogen-bond acceptors (Lipinski definition) is 8. The number of hydrogen-bond donors (Lipinski definition) is 0. The average molecular weight is 521 g/mol. The molecule has 2 saturated heterocycles. The van der Waals surface area contributed by atoms with Crippen LogP contribution in [0.15, 0.2) is 67.5 Å². The molecule has 0 N–H and O–H groups in total. The van der Waals surface area contributed by atoms with Crippen molar-refractivity contribution in [2.75, 3.05) is 64.1 Å². The van der Waals surface area contributed by atoms with E-state index >= 15 is 0 Å². The van der Waals surface area contributed by atoms with Gasteiger partial charge in [0.05, 0.1) is 26.4 Å². The minimum Gasteiger partial charge on any atom is -0.492 e. The Balaban J connectivity index is 1.21. The SMILES string of the molecule is C[C@H](COc1ccc2c(c1)Cc1cccc(-c3cc(=O)cc(N4CCOCC4)o3)c1S2)N1CCOCC1. The fourth-order valence-electron chi connectivity index (χ4n) is 5.11. The van der Waals surface area contributed by atoms with E-state index in [0.29, 0.717) is 37.5 Å². The van der Waals surface area contributed by atoms with Crippen LogP contribution in [0, 0.1) is 0 Å². The van der Waals surface area contributed by atoms with Crippen molar-refractivity contribution in [2.24, 2.45) is 0 Å². The third-order valence-electron chi connectivity index (χ3n) is 7.22. The molecule has 4 heterocycles. The Kier molecular flexibility index (Phi) is 7.24. The molecule has 1 atom stereocenters. The first-order valence-corrected chi connectivity index (χ1v) is 13.8. The number of nitrogens with zero attached hydrogens (tertiary/aromatic N) is 2. The molecule has 194 valence electrons. The Hall–Kier alpha value is -2.78. The summed E-state index contributed by atoms with van der Waals surface area (Å²) in [6.07, 6.45) is 0.815. The van der Waals surface area contributed by atoms with E-state index in [2.05, 4.69) is 41.0 Å².